The van der Waals surface area contributed by atoms with E-state index in [0.29, 0.717) is 37.5 Å². The molecule has 0 N–H and O–H groups in total. The molecule has 1 aliphatic heterocycles. The zero-order chi connectivity index (χ0) is 15.0. The van der Waals surface area contributed by atoms with Crippen molar-refractivity contribution in [3.63, 3.8) is 0 Å². The first-order valence-electron chi connectivity index (χ1n) is 6.78. The highest BCUT2D eigenvalue weighted by atomic mass is 79.9. The van der Waals surface area contributed by atoms with E-state index in [9.17, 15) is 9.59 Å². The largest absolute Gasteiger partial charge is 0.451 e. The molecule has 1 aliphatic rings. The average Bonchev–Trinajstić information content (AvgIpc) is 2.89. The van der Waals surface area contributed by atoms with Gasteiger partial charge in [0.15, 0.2) is 5.76 Å². The minimum atomic E-state index is -0.120. The zero-order valence-corrected chi connectivity index (χ0v) is 13.2. The summed E-state index contributed by atoms with van der Waals surface area (Å²) in [7, 11) is 0. The van der Waals surface area contributed by atoms with Gasteiger partial charge in [-0.2, -0.15) is 0 Å². The van der Waals surface area contributed by atoms with Gasteiger partial charge >= 0.3 is 0 Å². The quantitative estimate of drug-likeness (QED) is 0.793. The Balaban J connectivity index is 1.76. The third-order valence-corrected chi connectivity index (χ3v) is 4.20. The number of piperazine rings is 1. The third kappa shape index (κ3) is 2.81. The number of fused-ring (bicyclic) bond motifs is 1. The lowest BCUT2D eigenvalue weighted by molar-refractivity contribution is -0.130. The van der Waals surface area contributed by atoms with Crippen LogP contribution in [0.15, 0.2) is 33.2 Å². The molecule has 0 aliphatic carbocycles. The lowest BCUT2D eigenvalue weighted by Crippen LogP contribution is -2.50. The summed E-state index contributed by atoms with van der Waals surface area (Å²) < 4.78 is 6.55. The van der Waals surface area contributed by atoms with Gasteiger partial charge in [-0.1, -0.05) is 15.9 Å². The predicted octanol–water partition coefficient (Wildman–Crippen LogP) is 2.50. The number of carbonyl (C=O) groups excluding carboxylic acids is 2. The van der Waals surface area contributed by atoms with Crippen LogP contribution in [0.1, 0.15) is 17.5 Å². The summed E-state index contributed by atoms with van der Waals surface area (Å²) in [6.45, 7) is 3.78. The van der Waals surface area contributed by atoms with Crippen LogP contribution in [-0.4, -0.2) is 47.8 Å². The number of rotatable bonds is 1. The average molecular weight is 351 g/mol. The smallest absolute Gasteiger partial charge is 0.289 e. The molecule has 6 heteroatoms. The molecule has 3 rings (SSSR count). The normalized spacial score (nSPS) is 15.5. The van der Waals surface area contributed by atoms with E-state index in [0.717, 1.165) is 9.86 Å². The molecule has 21 heavy (non-hydrogen) atoms. The molecular weight excluding hydrogens is 336 g/mol. The van der Waals surface area contributed by atoms with Crippen molar-refractivity contribution >= 4 is 38.7 Å². The highest BCUT2D eigenvalue weighted by molar-refractivity contribution is 9.10. The lowest BCUT2D eigenvalue weighted by atomic mass is 10.2. The molecule has 0 unspecified atom stereocenters. The molecule has 0 bridgehead atoms. The molecule has 0 atom stereocenters. The molecule has 2 amide bonds. The monoisotopic (exact) mass is 350 g/mol. The fourth-order valence-corrected chi connectivity index (χ4v) is 2.83. The zero-order valence-electron chi connectivity index (χ0n) is 11.6. The SMILES string of the molecule is CC(=O)N1CCN(C(=O)c2cc3ccc(Br)cc3o2)CC1. The molecule has 1 fully saturated rings. The maximum Gasteiger partial charge on any atom is 0.289 e. The second kappa shape index (κ2) is 5.52. The van der Waals surface area contributed by atoms with Gasteiger partial charge in [-0.3, -0.25) is 9.59 Å². The number of benzene rings is 1. The summed E-state index contributed by atoms with van der Waals surface area (Å²) in [5.74, 6) is 0.278. The number of amides is 2. The summed E-state index contributed by atoms with van der Waals surface area (Å²) in [4.78, 5) is 27.2. The molecule has 0 radical (unpaired) electrons. The number of carbonyl (C=O) groups is 2. The van der Waals surface area contributed by atoms with Crippen molar-refractivity contribution in [3.8, 4) is 0 Å². The van der Waals surface area contributed by atoms with Crippen LogP contribution < -0.4 is 0 Å². The number of furan rings is 1. The van der Waals surface area contributed by atoms with E-state index in [1.54, 1.807) is 22.8 Å². The van der Waals surface area contributed by atoms with Crippen molar-refractivity contribution in [3.05, 3.63) is 34.5 Å². The van der Waals surface area contributed by atoms with E-state index in [2.05, 4.69) is 15.9 Å². The van der Waals surface area contributed by atoms with E-state index in [1.165, 1.54) is 0 Å². The molecule has 2 heterocycles. The number of nitrogens with zero attached hydrogens (tertiary/aromatic N) is 2. The van der Waals surface area contributed by atoms with Crippen molar-refractivity contribution in [2.75, 3.05) is 26.2 Å². The number of hydrogen-bond acceptors (Lipinski definition) is 3. The molecule has 0 spiro atoms. The Kier molecular flexibility index (Phi) is 3.71. The second-order valence-electron chi connectivity index (χ2n) is 5.09. The third-order valence-electron chi connectivity index (χ3n) is 3.71. The Bertz CT molecular complexity index is 702. The molecule has 2 aromatic rings. The number of hydrogen-bond donors (Lipinski definition) is 0. The Morgan fingerprint density at radius 1 is 1.10 bits per heavy atom. The van der Waals surface area contributed by atoms with Crippen LogP contribution in [0, 0.1) is 0 Å². The van der Waals surface area contributed by atoms with Crippen molar-refractivity contribution in [2.45, 2.75) is 6.92 Å². The maximum atomic E-state index is 12.4. The van der Waals surface area contributed by atoms with Crippen LogP contribution in [0.2, 0.25) is 0 Å². The summed E-state index contributed by atoms with van der Waals surface area (Å²) in [6, 6.07) is 7.44. The van der Waals surface area contributed by atoms with Gasteiger partial charge in [0, 0.05) is 43.0 Å². The molecule has 0 saturated carbocycles. The molecule has 1 aromatic heterocycles. The van der Waals surface area contributed by atoms with Gasteiger partial charge in [0.2, 0.25) is 5.91 Å². The van der Waals surface area contributed by atoms with Gasteiger partial charge < -0.3 is 14.2 Å². The fraction of sp³-hybridized carbons (Fsp3) is 0.333. The Morgan fingerprint density at radius 3 is 2.43 bits per heavy atom. The van der Waals surface area contributed by atoms with Crippen LogP contribution in [-0.2, 0) is 4.79 Å². The predicted molar refractivity (Wildman–Crippen MR) is 82.1 cm³/mol. The van der Waals surface area contributed by atoms with Crippen molar-refractivity contribution in [1.29, 1.82) is 0 Å². The summed E-state index contributed by atoms with van der Waals surface area (Å²) >= 11 is 3.38. The van der Waals surface area contributed by atoms with Crippen LogP contribution in [0.4, 0.5) is 0 Å². The van der Waals surface area contributed by atoms with Gasteiger partial charge in [0.1, 0.15) is 5.58 Å². The van der Waals surface area contributed by atoms with Crippen LogP contribution in [0.25, 0.3) is 11.0 Å². The minimum absolute atomic E-state index is 0.0516. The van der Waals surface area contributed by atoms with Crippen molar-refractivity contribution in [1.82, 2.24) is 9.80 Å². The molecule has 110 valence electrons. The van der Waals surface area contributed by atoms with Crippen LogP contribution in [0.3, 0.4) is 0 Å². The van der Waals surface area contributed by atoms with E-state index < -0.39 is 0 Å². The van der Waals surface area contributed by atoms with Crippen molar-refractivity contribution < 1.29 is 14.0 Å². The lowest BCUT2D eigenvalue weighted by Gasteiger charge is -2.33. The summed E-state index contributed by atoms with van der Waals surface area (Å²) in [5, 5.41) is 0.906. The molecule has 1 aromatic carbocycles. The minimum Gasteiger partial charge on any atom is -0.451 e. The molecular formula is C15H15BrN2O3. The topological polar surface area (TPSA) is 53.8 Å². The maximum absolute atomic E-state index is 12.4. The second-order valence-corrected chi connectivity index (χ2v) is 6.01. The van der Waals surface area contributed by atoms with Crippen LogP contribution in [0.5, 0.6) is 0 Å². The van der Waals surface area contributed by atoms with Gasteiger partial charge in [-0.15, -0.1) is 0 Å². The first kappa shape index (κ1) is 14.1. The van der Waals surface area contributed by atoms with E-state index in [4.69, 9.17) is 4.42 Å². The van der Waals surface area contributed by atoms with Gasteiger partial charge in [-0.05, 0) is 24.3 Å². The van der Waals surface area contributed by atoms with E-state index in [-0.39, 0.29) is 11.8 Å². The summed E-state index contributed by atoms with van der Waals surface area (Å²) in [6.07, 6.45) is 0. The van der Waals surface area contributed by atoms with Gasteiger partial charge in [-0.25, -0.2) is 0 Å². The van der Waals surface area contributed by atoms with E-state index >= 15 is 0 Å². The first-order valence-corrected chi connectivity index (χ1v) is 7.58. The van der Waals surface area contributed by atoms with Crippen molar-refractivity contribution in [2.24, 2.45) is 0 Å². The highest BCUT2D eigenvalue weighted by Gasteiger charge is 2.25. The highest BCUT2D eigenvalue weighted by Crippen LogP contribution is 2.24. The first-order chi connectivity index (χ1) is 10.0. The van der Waals surface area contributed by atoms with Gasteiger partial charge in [0.05, 0.1) is 0 Å². The molecule has 5 nitrogen and oxygen atoms in total. The summed E-state index contributed by atoms with van der Waals surface area (Å²) in [5.41, 5.74) is 0.690. The van der Waals surface area contributed by atoms with Crippen LogP contribution >= 0.6 is 15.9 Å². The van der Waals surface area contributed by atoms with E-state index in [1.807, 2.05) is 18.2 Å². The fourth-order valence-electron chi connectivity index (χ4n) is 2.49. The Labute approximate surface area is 130 Å². The number of halogens is 1. The molecule has 1 saturated heterocycles. The standard InChI is InChI=1S/C15H15BrN2O3/c1-10(19)17-4-6-18(7-5-17)15(20)14-8-11-2-3-12(16)9-13(11)21-14/h2-3,8-9H,4-7H2,1H3. The Hall–Kier alpha value is -1.82. The Morgan fingerprint density at radius 2 is 1.76 bits per heavy atom. The van der Waals surface area contributed by atoms with Gasteiger partial charge in [0.25, 0.3) is 5.91 Å².